The number of rotatable bonds is 7. The molecule has 1 saturated heterocycles. The van der Waals surface area contributed by atoms with Gasteiger partial charge in [-0.1, -0.05) is 96.9 Å². The number of benzene rings is 4. The maximum absolute atomic E-state index is 14.4. The number of allylic oxidation sites excluding steroid dienone is 2. The van der Waals surface area contributed by atoms with Crippen LogP contribution in [-0.2, 0) is 12.6 Å². The Labute approximate surface area is 333 Å². The molecule has 4 aromatic rings. The van der Waals surface area contributed by atoms with Crippen molar-refractivity contribution in [2.24, 2.45) is 5.41 Å². The van der Waals surface area contributed by atoms with Crippen molar-refractivity contribution >= 4 is 17.4 Å². The smallest absolute Gasteiger partial charge is 0.393 e. The van der Waals surface area contributed by atoms with Gasteiger partial charge in [-0.3, -0.25) is 14.6 Å². The summed E-state index contributed by atoms with van der Waals surface area (Å²) >= 11 is 6.27. The zero-order valence-corrected chi connectivity index (χ0v) is 33.0. The van der Waals surface area contributed by atoms with Crippen molar-refractivity contribution in [1.29, 1.82) is 0 Å². The number of halogens is 4. The highest BCUT2D eigenvalue weighted by Gasteiger charge is 2.57. The molecule has 3 aliphatic carbocycles. The highest BCUT2D eigenvalue weighted by Crippen LogP contribution is 2.59. The molecule has 4 aromatic carbocycles. The second-order valence-corrected chi connectivity index (χ2v) is 17.0. The fraction of sp³-hybridized carbons (Fsp3) is 0.426. The first-order valence-corrected chi connectivity index (χ1v) is 20.3. The lowest BCUT2D eigenvalue weighted by atomic mass is 9.64. The minimum absolute atomic E-state index is 0.0290. The van der Waals surface area contributed by atoms with Crippen LogP contribution in [0.5, 0.6) is 0 Å². The number of aliphatic hydroxyl groups excluding tert-OH is 1. The highest BCUT2D eigenvalue weighted by molar-refractivity contribution is 6.30. The quantitative estimate of drug-likeness (QED) is 0.144. The number of ketones is 1. The van der Waals surface area contributed by atoms with Gasteiger partial charge >= 0.3 is 6.18 Å². The molecule has 5 nitrogen and oxygen atoms in total. The third-order valence-electron chi connectivity index (χ3n) is 12.9. The number of alkyl halides is 3. The van der Waals surface area contributed by atoms with Crippen LogP contribution in [0.25, 0.3) is 0 Å². The van der Waals surface area contributed by atoms with Crippen LogP contribution in [-0.4, -0.2) is 70.2 Å². The van der Waals surface area contributed by atoms with Crippen molar-refractivity contribution in [2.75, 3.05) is 32.7 Å². The van der Waals surface area contributed by atoms with Crippen LogP contribution < -0.4 is 0 Å². The van der Waals surface area contributed by atoms with Crippen LogP contribution in [0, 0.1) is 5.41 Å². The molecule has 0 radical (unpaired) electrons. The topological polar surface area (TPSA) is 64.0 Å². The maximum atomic E-state index is 14.4. The molecule has 0 spiro atoms. The van der Waals surface area contributed by atoms with E-state index in [2.05, 4.69) is 66.1 Å². The minimum atomic E-state index is -4.59. The summed E-state index contributed by atoms with van der Waals surface area (Å²) in [5, 5.41) is 24.6. The van der Waals surface area contributed by atoms with Gasteiger partial charge in [0.25, 0.3) is 0 Å². The average Bonchev–Trinajstić information content (AvgIpc) is 3.43. The molecule has 1 saturated carbocycles. The van der Waals surface area contributed by atoms with E-state index in [0.29, 0.717) is 49.2 Å². The molecular weight excluding hydrogens is 733 g/mol. The lowest BCUT2D eigenvalue weighted by Gasteiger charge is -2.48. The van der Waals surface area contributed by atoms with Crippen LogP contribution >= 0.6 is 11.6 Å². The van der Waals surface area contributed by atoms with Crippen LogP contribution in [0.1, 0.15) is 108 Å². The third kappa shape index (κ3) is 8.56. The molecule has 5 unspecified atom stereocenters. The van der Waals surface area contributed by atoms with Crippen LogP contribution in [0.2, 0.25) is 5.02 Å². The number of carbonyl (C=O) groups is 1. The summed E-state index contributed by atoms with van der Waals surface area (Å²) < 4.78 is 41.3. The number of hydrogen-bond donors (Lipinski definition) is 2. The number of nitrogens with zero attached hydrogens (tertiary/aromatic N) is 2. The SMILES string of the molecule is CC1=CCCC2(C)C(CCC2(O)CN2CCN(C(c3ccccc3)c3ccc(Cl)cc3)CC2)c2ccc(cc2C(=O)c2cccc(C(F)(F)F)c2)CC(O)CC1. The largest absolute Gasteiger partial charge is 0.416 e. The average molecular weight is 785 g/mol. The third-order valence-corrected chi connectivity index (χ3v) is 13.2. The summed E-state index contributed by atoms with van der Waals surface area (Å²) in [7, 11) is 0. The van der Waals surface area contributed by atoms with Crippen LogP contribution in [0.3, 0.4) is 0 Å². The first-order chi connectivity index (χ1) is 26.7. The van der Waals surface area contributed by atoms with Gasteiger partial charge in [0.2, 0.25) is 0 Å². The molecule has 9 heteroatoms. The molecule has 2 fully saturated rings. The molecule has 8 rings (SSSR count). The fourth-order valence-corrected chi connectivity index (χ4v) is 9.76. The van der Waals surface area contributed by atoms with E-state index in [4.69, 9.17) is 11.6 Å². The van der Waals surface area contributed by atoms with Gasteiger partial charge < -0.3 is 10.2 Å². The number of hydrogen-bond acceptors (Lipinski definition) is 5. The zero-order chi connectivity index (χ0) is 39.7. The monoisotopic (exact) mass is 784 g/mol. The van der Waals surface area contributed by atoms with Crippen molar-refractivity contribution in [3.63, 3.8) is 0 Å². The lowest BCUT2D eigenvalue weighted by molar-refractivity contribution is -0.137. The highest BCUT2D eigenvalue weighted by atomic mass is 35.5. The Hall–Kier alpha value is -3.79. The molecular formula is C47H52ClF3N2O3. The first kappa shape index (κ1) is 40.4. The number of piperazine rings is 1. The van der Waals surface area contributed by atoms with E-state index in [9.17, 15) is 28.2 Å². The number of fused-ring (bicyclic) bond motifs is 8. The van der Waals surface area contributed by atoms with Gasteiger partial charge in [-0.2, -0.15) is 13.2 Å². The minimum Gasteiger partial charge on any atom is -0.393 e. The molecule has 2 bridgehead atoms. The summed E-state index contributed by atoms with van der Waals surface area (Å²) in [6.07, 6.45) is 1.17. The van der Waals surface area contributed by atoms with E-state index < -0.39 is 34.6 Å². The Morgan fingerprint density at radius 3 is 2.32 bits per heavy atom. The Bertz CT molecular complexity index is 2030. The standard InChI is InChI=1S/C47H52ClF3N2O3/c1-32-8-7-22-45(2)42(40-20-14-33(28-39(54)19-13-32)29-41(40)44(55)36-11-6-12-37(30-36)47(49,50)51)21-23-46(45,56)31-52-24-26-53(27-25-52)43(34-9-4-3-5-10-34)35-15-17-38(48)18-16-35/h3-6,8-12,14-18,20,29-30,39,42-43,54,56H,7,13,19,21-28,31H2,1-2H3. The molecule has 56 heavy (non-hydrogen) atoms. The van der Waals surface area contributed by atoms with Crippen molar-refractivity contribution < 1.29 is 28.2 Å². The molecule has 1 aliphatic heterocycles. The maximum Gasteiger partial charge on any atom is 0.416 e. The first-order valence-electron chi connectivity index (χ1n) is 19.9. The lowest BCUT2D eigenvalue weighted by Crippen LogP contribution is -2.56. The van der Waals surface area contributed by atoms with Gasteiger partial charge in [0, 0.05) is 54.3 Å². The van der Waals surface area contributed by atoms with Crippen molar-refractivity contribution in [3.05, 3.63) is 153 Å². The molecule has 4 aliphatic rings. The molecule has 2 N–H and O–H groups in total. The predicted octanol–water partition coefficient (Wildman–Crippen LogP) is 10.0. The van der Waals surface area contributed by atoms with Gasteiger partial charge in [0.1, 0.15) is 0 Å². The summed E-state index contributed by atoms with van der Waals surface area (Å²) in [5.74, 6) is -0.700. The second kappa shape index (κ2) is 16.6. The Balaban J connectivity index is 1.19. The van der Waals surface area contributed by atoms with Crippen molar-refractivity contribution in [1.82, 2.24) is 9.80 Å². The van der Waals surface area contributed by atoms with Gasteiger partial charge in [-0.05, 0) is 110 Å². The van der Waals surface area contributed by atoms with E-state index in [1.807, 2.05) is 30.3 Å². The Kier molecular flexibility index (Phi) is 12.0. The van der Waals surface area contributed by atoms with E-state index in [-0.39, 0.29) is 17.5 Å². The number of aliphatic hydroxyl groups is 2. The predicted molar refractivity (Wildman–Crippen MR) is 216 cm³/mol. The van der Waals surface area contributed by atoms with Gasteiger partial charge in [-0.25, -0.2) is 0 Å². The van der Waals surface area contributed by atoms with Crippen LogP contribution in [0.4, 0.5) is 13.2 Å². The number of β-amino-alcohol motifs (C(OH)–C–C–N with tert-alkyl or cyclic N) is 1. The van der Waals surface area contributed by atoms with E-state index in [1.165, 1.54) is 28.8 Å². The summed E-state index contributed by atoms with van der Waals surface area (Å²) in [6, 6.07) is 28.9. The van der Waals surface area contributed by atoms with E-state index in [1.54, 1.807) is 6.07 Å². The van der Waals surface area contributed by atoms with Gasteiger partial charge in [0.05, 0.1) is 23.3 Å². The summed E-state index contributed by atoms with van der Waals surface area (Å²) in [4.78, 5) is 19.2. The van der Waals surface area contributed by atoms with Crippen molar-refractivity contribution in [3.8, 4) is 0 Å². The zero-order valence-electron chi connectivity index (χ0n) is 32.2. The molecule has 0 amide bonds. The fourth-order valence-electron chi connectivity index (χ4n) is 9.63. The van der Waals surface area contributed by atoms with Gasteiger partial charge in [-0.15, -0.1) is 0 Å². The Morgan fingerprint density at radius 2 is 1.61 bits per heavy atom. The van der Waals surface area contributed by atoms with Crippen molar-refractivity contribution in [2.45, 2.75) is 88.6 Å². The summed E-state index contributed by atoms with van der Waals surface area (Å²) in [5.41, 5.74) is 2.82. The molecule has 296 valence electrons. The van der Waals surface area contributed by atoms with E-state index >= 15 is 0 Å². The molecule has 1 heterocycles. The Morgan fingerprint density at radius 1 is 0.893 bits per heavy atom. The second-order valence-electron chi connectivity index (χ2n) is 16.5. The van der Waals surface area contributed by atoms with Gasteiger partial charge in [0.15, 0.2) is 5.78 Å². The van der Waals surface area contributed by atoms with Crippen LogP contribution in [0.15, 0.2) is 109 Å². The number of carbonyl (C=O) groups excluding carboxylic acids is 1. The molecule has 5 atom stereocenters. The summed E-state index contributed by atoms with van der Waals surface area (Å²) in [6.45, 7) is 7.88. The normalized spacial score (nSPS) is 26.0. The molecule has 0 aromatic heterocycles. The van der Waals surface area contributed by atoms with E-state index in [0.717, 1.165) is 62.3 Å².